The van der Waals surface area contributed by atoms with Gasteiger partial charge < -0.3 is 14.2 Å². The number of anilines is 1. The third kappa shape index (κ3) is 5.84. The van der Waals surface area contributed by atoms with Crippen LogP contribution < -0.4 is 5.32 Å². The number of ether oxygens (including phenoxy) is 3. The number of carbonyl (C=O) groups excluding carboxylic acids is 2. The number of esters is 1. The molecule has 3 aliphatic rings. The molecule has 0 aliphatic carbocycles. The average Bonchev–Trinajstić information content (AvgIpc) is 3.72. The average molecular weight is 527 g/mol. The monoisotopic (exact) mass is 526 g/mol. The normalized spacial score (nSPS) is 25.0. The fraction of sp³-hybridized carbons (Fsp3) is 0.375. The van der Waals surface area contributed by atoms with Crippen LogP contribution in [0, 0.1) is 0 Å². The van der Waals surface area contributed by atoms with E-state index >= 15 is 0 Å². The minimum atomic E-state index is -0.433. The van der Waals surface area contributed by atoms with Gasteiger partial charge in [-0.3, -0.25) is 15.0 Å². The van der Waals surface area contributed by atoms with Crippen molar-refractivity contribution in [3.05, 3.63) is 90.0 Å². The van der Waals surface area contributed by atoms with Crippen LogP contribution in [0.5, 0.6) is 0 Å². The van der Waals surface area contributed by atoms with Crippen molar-refractivity contribution in [2.24, 2.45) is 0 Å². The van der Waals surface area contributed by atoms with Crippen molar-refractivity contribution in [1.82, 2.24) is 4.90 Å². The molecule has 0 radical (unpaired) electrons. The van der Waals surface area contributed by atoms with E-state index in [1.807, 2.05) is 72.8 Å². The number of benzene rings is 3. The molecule has 3 aromatic carbocycles. The number of nitrogens with zero attached hydrogens (tertiary/aromatic N) is 1. The first-order valence-electron chi connectivity index (χ1n) is 13.8. The van der Waals surface area contributed by atoms with Crippen molar-refractivity contribution in [3.8, 4) is 11.1 Å². The van der Waals surface area contributed by atoms with Crippen molar-refractivity contribution < 1.29 is 23.8 Å². The Kier molecular flexibility index (Phi) is 7.35. The standard InChI is InChI=1S/C32H34N2O5/c1-34-27-18-24(19-28(34)31-30(27)39-31)38-32(36)33-26-17-21(15-16-25(26)23-12-6-3-7-13-23)11-8-14-29(35)37-20-22-9-4-2-5-10-22/h2-7,9-10,12-13,15-17,24,27-28,30-31H,8,11,14,18-20H2,1H3,(H,33,36)/t24?,27-,28+,30-,31+. The Labute approximate surface area is 229 Å². The first-order chi connectivity index (χ1) is 19.0. The SMILES string of the molecule is CN1[C@@H]2CC(OC(=O)Nc3cc(CCCC(=O)OCc4ccccc4)ccc3-c3ccccc3)C[C@H]1[C@@H]1O[C@@H]12. The van der Waals surface area contributed by atoms with Gasteiger partial charge in [0.05, 0.1) is 5.69 Å². The lowest BCUT2D eigenvalue weighted by atomic mass is 9.99. The van der Waals surface area contributed by atoms with E-state index in [0.29, 0.717) is 49.2 Å². The number of hydrogen-bond acceptors (Lipinski definition) is 6. The fourth-order valence-electron chi connectivity index (χ4n) is 6.05. The van der Waals surface area contributed by atoms with E-state index in [0.717, 1.165) is 35.1 Å². The number of aryl methyl sites for hydroxylation is 1. The highest BCUT2D eigenvalue weighted by atomic mass is 16.6. The number of piperidine rings is 1. The molecule has 0 aromatic heterocycles. The summed E-state index contributed by atoms with van der Waals surface area (Å²) in [6, 6.07) is 26.4. The lowest BCUT2D eigenvalue weighted by molar-refractivity contribution is -0.145. The molecule has 3 heterocycles. The van der Waals surface area contributed by atoms with E-state index in [9.17, 15) is 9.59 Å². The third-order valence-electron chi connectivity index (χ3n) is 8.14. The van der Waals surface area contributed by atoms with Gasteiger partial charge in [0.2, 0.25) is 0 Å². The Morgan fingerprint density at radius 1 is 0.923 bits per heavy atom. The van der Waals surface area contributed by atoms with Gasteiger partial charge in [0.15, 0.2) is 0 Å². The van der Waals surface area contributed by atoms with Crippen LogP contribution in [0.2, 0.25) is 0 Å². The van der Waals surface area contributed by atoms with Gasteiger partial charge in [-0.2, -0.15) is 0 Å². The molecule has 202 valence electrons. The molecular weight excluding hydrogens is 492 g/mol. The maximum absolute atomic E-state index is 13.0. The van der Waals surface area contributed by atoms with Gasteiger partial charge in [-0.05, 0) is 42.6 Å². The summed E-state index contributed by atoms with van der Waals surface area (Å²) < 4.78 is 17.1. The molecule has 7 heteroatoms. The summed E-state index contributed by atoms with van der Waals surface area (Å²) in [7, 11) is 2.14. The van der Waals surface area contributed by atoms with Crippen LogP contribution in [0.1, 0.15) is 36.8 Å². The molecule has 2 bridgehead atoms. The summed E-state index contributed by atoms with van der Waals surface area (Å²) in [6.45, 7) is 0.286. The van der Waals surface area contributed by atoms with Crippen molar-refractivity contribution in [3.63, 3.8) is 0 Å². The van der Waals surface area contributed by atoms with Crippen molar-refractivity contribution in [2.75, 3.05) is 12.4 Å². The van der Waals surface area contributed by atoms with Crippen LogP contribution in [0.4, 0.5) is 10.5 Å². The summed E-state index contributed by atoms with van der Waals surface area (Å²) in [5.41, 5.74) is 4.66. The molecule has 1 amide bonds. The lowest BCUT2D eigenvalue weighted by Crippen LogP contribution is -2.48. The maximum atomic E-state index is 13.0. The fourth-order valence-corrected chi connectivity index (χ4v) is 6.05. The van der Waals surface area contributed by atoms with Gasteiger partial charge in [-0.25, -0.2) is 4.79 Å². The first-order valence-corrected chi connectivity index (χ1v) is 13.8. The molecule has 3 fully saturated rings. The molecule has 5 atom stereocenters. The number of fused-ring (bicyclic) bond motifs is 5. The van der Waals surface area contributed by atoms with Crippen LogP contribution in [-0.4, -0.2) is 54.4 Å². The van der Waals surface area contributed by atoms with E-state index in [1.54, 1.807) is 0 Å². The number of likely N-dealkylation sites (N-methyl/N-ethyl adjacent to an activating group) is 1. The van der Waals surface area contributed by atoms with Crippen LogP contribution in [0.25, 0.3) is 11.1 Å². The van der Waals surface area contributed by atoms with Gasteiger partial charge in [0.1, 0.15) is 24.9 Å². The minimum Gasteiger partial charge on any atom is -0.461 e. The van der Waals surface area contributed by atoms with E-state index in [2.05, 4.69) is 23.3 Å². The minimum absolute atomic E-state index is 0.113. The number of amides is 1. The third-order valence-corrected chi connectivity index (χ3v) is 8.14. The number of carbonyl (C=O) groups is 2. The Morgan fingerprint density at radius 3 is 2.33 bits per heavy atom. The largest absolute Gasteiger partial charge is 0.461 e. The van der Waals surface area contributed by atoms with E-state index in [-0.39, 0.29) is 18.7 Å². The molecule has 3 aliphatic heterocycles. The molecule has 39 heavy (non-hydrogen) atoms. The van der Waals surface area contributed by atoms with Gasteiger partial charge in [0.25, 0.3) is 0 Å². The number of rotatable bonds is 9. The predicted molar refractivity (Wildman–Crippen MR) is 148 cm³/mol. The highest BCUT2D eigenvalue weighted by Crippen LogP contribution is 2.48. The quantitative estimate of drug-likeness (QED) is 0.290. The topological polar surface area (TPSA) is 80.4 Å². The first kappa shape index (κ1) is 25.6. The van der Waals surface area contributed by atoms with Crippen LogP contribution in [0.15, 0.2) is 78.9 Å². The molecular formula is C32H34N2O5. The summed E-state index contributed by atoms with van der Waals surface area (Å²) in [6.07, 6.45) is 3.34. The van der Waals surface area contributed by atoms with Crippen molar-refractivity contribution in [1.29, 1.82) is 0 Å². The Morgan fingerprint density at radius 2 is 1.62 bits per heavy atom. The zero-order valence-corrected chi connectivity index (χ0v) is 22.1. The number of nitrogens with one attached hydrogen (secondary N) is 1. The molecule has 0 saturated carbocycles. The second-order valence-corrected chi connectivity index (χ2v) is 10.7. The summed E-state index contributed by atoms with van der Waals surface area (Å²) >= 11 is 0. The van der Waals surface area contributed by atoms with Crippen molar-refractivity contribution in [2.45, 2.75) is 69.1 Å². The molecule has 3 aromatic rings. The van der Waals surface area contributed by atoms with Gasteiger partial charge >= 0.3 is 12.1 Å². The molecule has 0 spiro atoms. The van der Waals surface area contributed by atoms with Gasteiger partial charge in [-0.15, -0.1) is 0 Å². The number of hydrogen-bond donors (Lipinski definition) is 1. The van der Waals surface area contributed by atoms with E-state index in [1.165, 1.54) is 0 Å². The highest BCUT2D eigenvalue weighted by molar-refractivity contribution is 5.91. The highest BCUT2D eigenvalue weighted by Gasteiger charge is 2.62. The Bertz CT molecular complexity index is 1300. The van der Waals surface area contributed by atoms with Gasteiger partial charge in [-0.1, -0.05) is 72.8 Å². The number of morpholine rings is 1. The molecule has 1 N–H and O–H groups in total. The number of epoxide rings is 1. The van der Waals surface area contributed by atoms with Crippen molar-refractivity contribution >= 4 is 17.7 Å². The van der Waals surface area contributed by atoms with E-state index < -0.39 is 6.09 Å². The zero-order chi connectivity index (χ0) is 26.8. The van der Waals surface area contributed by atoms with E-state index in [4.69, 9.17) is 14.2 Å². The predicted octanol–water partition coefficient (Wildman–Crippen LogP) is 5.58. The van der Waals surface area contributed by atoms with Gasteiger partial charge in [0, 0.05) is 36.9 Å². The summed E-state index contributed by atoms with van der Waals surface area (Å²) in [4.78, 5) is 27.7. The summed E-state index contributed by atoms with van der Waals surface area (Å²) in [5, 5.41) is 3.02. The molecule has 1 unspecified atom stereocenters. The molecule has 6 rings (SSSR count). The second-order valence-electron chi connectivity index (χ2n) is 10.7. The zero-order valence-electron chi connectivity index (χ0n) is 22.1. The van der Waals surface area contributed by atoms with Crippen LogP contribution in [-0.2, 0) is 32.0 Å². The molecule has 3 saturated heterocycles. The Hall–Kier alpha value is -3.68. The maximum Gasteiger partial charge on any atom is 0.411 e. The van der Waals surface area contributed by atoms with Crippen LogP contribution >= 0.6 is 0 Å². The Balaban J connectivity index is 1.07. The smallest absolute Gasteiger partial charge is 0.411 e. The summed E-state index contributed by atoms with van der Waals surface area (Å²) in [5.74, 6) is -0.211. The lowest BCUT2D eigenvalue weighted by Gasteiger charge is -2.37. The van der Waals surface area contributed by atoms with Crippen LogP contribution in [0.3, 0.4) is 0 Å². The second kappa shape index (κ2) is 11.2. The molecule has 7 nitrogen and oxygen atoms in total.